The van der Waals surface area contributed by atoms with Crippen LogP contribution in [0.5, 0.6) is 11.8 Å². The first-order valence-corrected chi connectivity index (χ1v) is 12.6. The number of halogens is 6. The van der Waals surface area contributed by atoms with Crippen molar-refractivity contribution < 1.29 is 31.1 Å². The van der Waals surface area contributed by atoms with E-state index < -0.39 is 23.6 Å². The van der Waals surface area contributed by atoms with Gasteiger partial charge in [-0.25, -0.2) is 15.0 Å². The van der Waals surface area contributed by atoms with E-state index in [2.05, 4.69) is 30.7 Å². The Morgan fingerprint density at radius 3 is 2.19 bits per heavy atom. The van der Waals surface area contributed by atoms with Crippen LogP contribution in [0.1, 0.15) is 36.2 Å². The van der Waals surface area contributed by atoms with Gasteiger partial charge in [0, 0.05) is 38.2 Å². The molecule has 0 bridgehead atoms. The Labute approximate surface area is 235 Å². The fourth-order valence-electron chi connectivity index (χ4n) is 4.30. The molecule has 0 amide bonds. The number of hydrogen-bond acceptors (Lipinski definition) is 7. The lowest BCUT2D eigenvalue weighted by Crippen LogP contribution is -2.13. The molecule has 0 saturated carbocycles. The van der Waals surface area contributed by atoms with Crippen molar-refractivity contribution in [2.45, 2.75) is 31.7 Å². The van der Waals surface area contributed by atoms with Crippen LogP contribution < -0.4 is 15.4 Å². The molecule has 5 aromatic rings. The van der Waals surface area contributed by atoms with Gasteiger partial charge in [-0.05, 0) is 42.3 Å². The Hall–Kier alpha value is -4.82. The van der Waals surface area contributed by atoms with Gasteiger partial charge in [-0.2, -0.15) is 31.4 Å². The minimum atomic E-state index is -4.54. The van der Waals surface area contributed by atoms with Gasteiger partial charge in [-0.3, -0.25) is 4.68 Å². The molecule has 5 rings (SSSR count). The summed E-state index contributed by atoms with van der Waals surface area (Å²) in [6, 6.07) is 12.8. The SMILES string of the molecule is CCC(Nc1nc2ccc(Nc3cc(C(F)(F)F)n(C)n3)cc2n1C)c1ccc(Oc2ncc(C(F)(F)F)cn2)cc1. The molecule has 0 saturated heterocycles. The number of alkyl halides is 6. The van der Waals surface area contributed by atoms with Gasteiger partial charge in [-0.1, -0.05) is 19.1 Å². The maximum Gasteiger partial charge on any atom is 0.433 e. The molecule has 2 aromatic carbocycles. The summed E-state index contributed by atoms with van der Waals surface area (Å²) in [7, 11) is 3.05. The zero-order valence-corrected chi connectivity index (χ0v) is 22.4. The van der Waals surface area contributed by atoms with Crippen LogP contribution in [0.3, 0.4) is 0 Å². The standard InChI is InChI=1S/C27H24F6N8O/c1-4-19(15-5-8-18(9-6-15)42-25-34-13-16(14-35-25)26(28,29)30)37-24-38-20-10-7-17(11-21(20)40(24)2)36-23-12-22(27(31,32)33)41(3)39-23/h5-14,19H,4H2,1-3H3,(H,36,39)(H,37,38). The molecule has 3 heterocycles. The maximum atomic E-state index is 13.1. The average Bonchev–Trinajstić information content (AvgIpc) is 3.46. The number of fused-ring (bicyclic) bond motifs is 1. The van der Waals surface area contributed by atoms with Crippen LogP contribution in [-0.4, -0.2) is 29.3 Å². The monoisotopic (exact) mass is 590 g/mol. The minimum Gasteiger partial charge on any atom is -0.424 e. The van der Waals surface area contributed by atoms with Crippen LogP contribution in [0, 0.1) is 0 Å². The normalized spacial score (nSPS) is 12.9. The van der Waals surface area contributed by atoms with Crippen molar-refractivity contribution in [3.8, 4) is 11.8 Å². The molecule has 0 radical (unpaired) electrons. The van der Waals surface area contributed by atoms with Gasteiger partial charge in [0.05, 0.1) is 22.6 Å². The van der Waals surface area contributed by atoms with Gasteiger partial charge < -0.3 is 19.9 Å². The van der Waals surface area contributed by atoms with E-state index in [9.17, 15) is 26.3 Å². The van der Waals surface area contributed by atoms with Crippen LogP contribution >= 0.6 is 0 Å². The molecule has 3 aromatic heterocycles. The van der Waals surface area contributed by atoms with Crippen molar-refractivity contribution in [2.75, 3.05) is 10.6 Å². The predicted molar refractivity (Wildman–Crippen MR) is 142 cm³/mol. The number of hydrogen-bond donors (Lipinski definition) is 2. The van der Waals surface area contributed by atoms with E-state index >= 15 is 0 Å². The molecule has 42 heavy (non-hydrogen) atoms. The van der Waals surface area contributed by atoms with Crippen molar-refractivity contribution in [2.24, 2.45) is 14.1 Å². The largest absolute Gasteiger partial charge is 0.433 e. The molecular formula is C27H24F6N8O. The Morgan fingerprint density at radius 1 is 0.905 bits per heavy atom. The van der Waals surface area contributed by atoms with Gasteiger partial charge in [-0.15, -0.1) is 0 Å². The van der Waals surface area contributed by atoms with E-state index in [1.807, 2.05) is 30.7 Å². The third kappa shape index (κ3) is 6.09. The van der Waals surface area contributed by atoms with Crippen LogP contribution in [0.4, 0.5) is 43.8 Å². The lowest BCUT2D eigenvalue weighted by atomic mass is 10.0. The summed E-state index contributed by atoms with van der Waals surface area (Å²) >= 11 is 0. The zero-order valence-electron chi connectivity index (χ0n) is 22.4. The number of nitrogens with one attached hydrogen (secondary N) is 2. The van der Waals surface area contributed by atoms with Gasteiger partial charge >= 0.3 is 18.4 Å². The topological polar surface area (TPSA) is 94.7 Å². The number of ether oxygens (including phenoxy) is 1. The fraction of sp³-hybridized carbons (Fsp3) is 0.259. The molecule has 0 aliphatic rings. The summed E-state index contributed by atoms with van der Waals surface area (Å²) in [5.41, 5.74) is 1.04. The van der Waals surface area contributed by atoms with Crippen molar-refractivity contribution in [3.63, 3.8) is 0 Å². The zero-order chi connectivity index (χ0) is 30.2. The molecule has 2 N–H and O–H groups in total. The Morgan fingerprint density at radius 2 is 1.60 bits per heavy atom. The van der Waals surface area contributed by atoms with E-state index in [1.54, 1.807) is 30.3 Å². The van der Waals surface area contributed by atoms with Gasteiger partial charge in [0.1, 0.15) is 11.4 Å². The van der Waals surface area contributed by atoms with Gasteiger partial charge in [0.25, 0.3) is 0 Å². The smallest absolute Gasteiger partial charge is 0.424 e. The summed E-state index contributed by atoms with van der Waals surface area (Å²) in [6.07, 6.45) is -7.04. The Kier molecular flexibility index (Phi) is 7.43. The van der Waals surface area contributed by atoms with E-state index in [-0.39, 0.29) is 17.9 Å². The molecule has 0 aliphatic carbocycles. The molecule has 0 fully saturated rings. The highest BCUT2D eigenvalue weighted by molar-refractivity contribution is 5.83. The Bertz CT molecular complexity index is 1690. The van der Waals surface area contributed by atoms with Gasteiger partial charge in [0.2, 0.25) is 5.95 Å². The second-order valence-corrected chi connectivity index (χ2v) is 9.39. The molecule has 1 atom stereocenters. The lowest BCUT2D eigenvalue weighted by Gasteiger charge is -2.18. The predicted octanol–water partition coefficient (Wildman–Crippen LogP) is 7.23. The summed E-state index contributed by atoms with van der Waals surface area (Å²) < 4.78 is 85.6. The van der Waals surface area contributed by atoms with E-state index in [0.29, 0.717) is 41.7 Å². The highest BCUT2D eigenvalue weighted by Crippen LogP contribution is 2.33. The highest BCUT2D eigenvalue weighted by Gasteiger charge is 2.35. The quantitative estimate of drug-likeness (QED) is 0.184. The van der Waals surface area contributed by atoms with Gasteiger partial charge in [0.15, 0.2) is 5.82 Å². The summed E-state index contributed by atoms with van der Waals surface area (Å²) in [4.78, 5) is 11.9. The van der Waals surface area contributed by atoms with E-state index in [0.717, 1.165) is 21.8 Å². The second kappa shape index (κ2) is 10.9. The maximum absolute atomic E-state index is 13.1. The first-order valence-electron chi connectivity index (χ1n) is 12.6. The summed E-state index contributed by atoms with van der Waals surface area (Å²) in [6.45, 7) is 1.99. The molecule has 9 nitrogen and oxygen atoms in total. The summed E-state index contributed by atoms with van der Waals surface area (Å²) in [5.74, 6) is 0.990. The molecule has 1 unspecified atom stereocenters. The first-order chi connectivity index (χ1) is 19.8. The average molecular weight is 591 g/mol. The number of aromatic nitrogens is 6. The second-order valence-electron chi connectivity index (χ2n) is 9.39. The van der Waals surface area contributed by atoms with E-state index in [4.69, 9.17) is 4.74 Å². The number of aryl methyl sites for hydroxylation is 2. The molecule has 220 valence electrons. The number of imidazole rings is 1. The van der Waals surface area contributed by atoms with E-state index in [1.165, 1.54) is 7.05 Å². The lowest BCUT2D eigenvalue weighted by molar-refractivity contribution is -0.143. The van der Waals surface area contributed by atoms with Crippen molar-refractivity contribution in [3.05, 3.63) is 77.7 Å². The molecule has 0 aliphatic heterocycles. The fourth-order valence-corrected chi connectivity index (χ4v) is 4.30. The molecular weight excluding hydrogens is 566 g/mol. The Balaban J connectivity index is 1.29. The number of rotatable bonds is 8. The number of benzene rings is 2. The van der Waals surface area contributed by atoms with Crippen LogP contribution in [-0.2, 0) is 26.4 Å². The van der Waals surface area contributed by atoms with Crippen LogP contribution in [0.25, 0.3) is 11.0 Å². The number of anilines is 3. The van der Waals surface area contributed by atoms with Crippen LogP contribution in [0.2, 0.25) is 0 Å². The first kappa shape index (κ1) is 28.7. The third-order valence-corrected chi connectivity index (χ3v) is 6.48. The third-order valence-electron chi connectivity index (χ3n) is 6.48. The van der Waals surface area contributed by atoms with Crippen LogP contribution in [0.15, 0.2) is 60.9 Å². The molecule has 15 heteroatoms. The van der Waals surface area contributed by atoms with Crippen molar-refractivity contribution in [1.29, 1.82) is 0 Å². The number of nitrogens with zero attached hydrogens (tertiary/aromatic N) is 6. The molecule has 0 spiro atoms. The minimum absolute atomic E-state index is 0.0630. The summed E-state index contributed by atoms with van der Waals surface area (Å²) in [5, 5.41) is 10.2. The van der Waals surface area contributed by atoms with Crippen molar-refractivity contribution in [1.82, 2.24) is 29.3 Å². The van der Waals surface area contributed by atoms with Crippen molar-refractivity contribution >= 4 is 28.5 Å². The highest BCUT2D eigenvalue weighted by atomic mass is 19.4.